The van der Waals surface area contributed by atoms with Crippen LogP contribution in [0, 0.1) is 5.92 Å². The summed E-state index contributed by atoms with van der Waals surface area (Å²) in [7, 11) is 1.98. The number of hydrogen-bond acceptors (Lipinski definition) is 5. The van der Waals surface area contributed by atoms with E-state index in [1.165, 1.54) is 25.1 Å². The first kappa shape index (κ1) is 14.8. The molecule has 0 amide bonds. The summed E-state index contributed by atoms with van der Waals surface area (Å²) in [6, 6.07) is 3.99. The topological polar surface area (TPSA) is 56.1 Å². The van der Waals surface area contributed by atoms with Gasteiger partial charge in [-0.15, -0.1) is 5.10 Å². The molecule has 1 aliphatic heterocycles. The number of ether oxygens (including phenoxy) is 1. The van der Waals surface area contributed by atoms with E-state index in [4.69, 9.17) is 4.74 Å². The number of fused-ring (bicyclic) bond motifs is 1. The maximum Gasteiger partial charge on any atom is 0.100 e. The number of nitrogens with zero attached hydrogens (tertiary/aromatic N) is 5. The Morgan fingerprint density at radius 3 is 3.04 bits per heavy atom. The van der Waals surface area contributed by atoms with Crippen LogP contribution in [0.3, 0.4) is 0 Å². The van der Waals surface area contributed by atoms with Gasteiger partial charge in [0.15, 0.2) is 0 Å². The van der Waals surface area contributed by atoms with Crippen molar-refractivity contribution in [1.82, 2.24) is 24.9 Å². The molecule has 0 spiro atoms. The molecule has 4 rings (SSSR count). The maximum atomic E-state index is 5.97. The van der Waals surface area contributed by atoms with Crippen LogP contribution in [0.2, 0.25) is 0 Å². The fraction of sp³-hybridized carbons (Fsp3) is 0.588. The zero-order valence-corrected chi connectivity index (χ0v) is 13.6. The van der Waals surface area contributed by atoms with Gasteiger partial charge in [-0.05, 0) is 30.4 Å². The predicted octanol–water partition coefficient (Wildman–Crippen LogP) is 1.74. The van der Waals surface area contributed by atoms with E-state index >= 15 is 0 Å². The van der Waals surface area contributed by atoms with Crippen molar-refractivity contribution in [2.45, 2.75) is 31.9 Å². The van der Waals surface area contributed by atoms with Crippen LogP contribution in [0.5, 0.6) is 0 Å². The van der Waals surface area contributed by atoms with Crippen LogP contribution in [-0.2, 0) is 24.9 Å². The molecular formula is C17H23N5O. The Balaban J connectivity index is 1.41. The lowest BCUT2D eigenvalue weighted by atomic mass is 9.98. The molecule has 0 aromatic carbocycles. The Morgan fingerprint density at radius 2 is 2.26 bits per heavy atom. The first-order valence-electron chi connectivity index (χ1n) is 8.37. The highest BCUT2D eigenvalue weighted by Gasteiger charge is 2.33. The molecule has 0 unspecified atom stereocenters. The molecule has 23 heavy (non-hydrogen) atoms. The molecule has 2 aromatic rings. The number of pyridine rings is 1. The van der Waals surface area contributed by atoms with Crippen LogP contribution < -0.4 is 0 Å². The van der Waals surface area contributed by atoms with E-state index in [-0.39, 0.29) is 0 Å². The molecule has 0 N–H and O–H groups in total. The summed E-state index contributed by atoms with van der Waals surface area (Å²) in [5.41, 5.74) is 3.47. The van der Waals surface area contributed by atoms with Crippen LogP contribution in [0.4, 0.5) is 0 Å². The normalized spacial score (nSPS) is 21.3. The monoisotopic (exact) mass is 313 g/mol. The quantitative estimate of drug-likeness (QED) is 0.813. The summed E-state index contributed by atoms with van der Waals surface area (Å²) >= 11 is 0. The van der Waals surface area contributed by atoms with E-state index in [1.807, 2.05) is 30.1 Å². The lowest BCUT2D eigenvalue weighted by Crippen LogP contribution is -2.37. The second-order valence-electron chi connectivity index (χ2n) is 6.76. The number of hydrogen-bond donors (Lipinski definition) is 0. The fourth-order valence-electron chi connectivity index (χ4n) is 3.43. The van der Waals surface area contributed by atoms with Gasteiger partial charge < -0.3 is 4.74 Å². The predicted molar refractivity (Wildman–Crippen MR) is 85.6 cm³/mol. The van der Waals surface area contributed by atoms with E-state index < -0.39 is 0 Å². The van der Waals surface area contributed by atoms with Crippen molar-refractivity contribution in [3.05, 3.63) is 41.5 Å². The molecule has 6 nitrogen and oxygen atoms in total. The van der Waals surface area contributed by atoms with Crippen LogP contribution in [0.15, 0.2) is 24.5 Å². The molecule has 0 saturated heterocycles. The van der Waals surface area contributed by atoms with Crippen molar-refractivity contribution in [1.29, 1.82) is 0 Å². The van der Waals surface area contributed by atoms with Crippen LogP contribution in [-0.4, -0.2) is 44.6 Å². The minimum absolute atomic E-state index is 0.342. The van der Waals surface area contributed by atoms with Crippen molar-refractivity contribution in [2.24, 2.45) is 13.0 Å². The van der Waals surface area contributed by atoms with Gasteiger partial charge in [0.25, 0.3) is 0 Å². The molecule has 1 aliphatic carbocycles. The fourth-order valence-corrected chi connectivity index (χ4v) is 3.43. The molecule has 0 bridgehead atoms. The van der Waals surface area contributed by atoms with Crippen molar-refractivity contribution >= 4 is 0 Å². The number of aryl methyl sites for hydroxylation is 1. The van der Waals surface area contributed by atoms with E-state index in [1.54, 1.807) is 6.20 Å². The number of rotatable bonds is 6. The number of aromatic nitrogens is 4. The van der Waals surface area contributed by atoms with E-state index in [9.17, 15) is 0 Å². The Kier molecular flexibility index (Phi) is 4.10. The molecule has 122 valence electrons. The third-order valence-electron chi connectivity index (χ3n) is 4.71. The minimum atomic E-state index is 0.342. The second kappa shape index (κ2) is 6.37. The molecule has 0 radical (unpaired) electrons. The molecular weight excluding hydrogens is 290 g/mol. The summed E-state index contributed by atoms with van der Waals surface area (Å²) in [6.45, 7) is 4.46. The Hall–Kier alpha value is -1.79. The van der Waals surface area contributed by atoms with Crippen molar-refractivity contribution in [2.75, 3.05) is 19.7 Å². The molecule has 1 atom stereocenters. The highest BCUT2D eigenvalue weighted by molar-refractivity contribution is 5.20. The summed E-state index contributed by atoms with van der Waals surface area (Å²) in [6.07, 6.45) is 6.41. The summed E-state index contributed by atoms with van der Waals surface area (Å²) in [4.78, 5) is 6.65. The molecule has 3 heterocycles. The van der Waals surface area contributed by atoms with Gasteiger partial charge in [0.1, 0.15) is 5.69 Å². The van der Waals surface area contributed by atoms with E-state index in [2.05, 4.69) is 20.2 Å². The van der Waals surface area contributed by atoms with Gasteiger partial charge in [0, 0.05) is 45.0 Å². The highest BCUT2D eigenvalue weighted by atomic mass is 16.5. The largest absolute Gasteiger partial charge is 0.376 e. The first-order chi connectivity index (χ1) is 11.3. The Labute approximate surface area is 136 Å². The van der Waals surface area contributed by atoms with Crippen molar-refractivity contribution in [3.63, 3.8) is 0 Å². The van der Waals surface area contributed by atoms with Crippen LogP contribution in [0.1, 0.15) is 35.7 Å². The summed E-state index contributed by atoms with van der Waals surface area (Å²) < 4.78 is 7.89. The molecule has 2 aromatic heterocycles. The Bertz CT molecular complexity index is 652. The lowest BCUT2D eigenvalue weighted by molar-refractivity contribution is 0.0834. The molecule has 6 heteroatoms. The summed E-state index contributed by atoms with van der Waals surface area (Å²) in [5.74, 6) is 1.24. The SMILES string of the molecule is Cn1nnc2c1[C@@H](COCc1cccnc1)CN(CC1CC1)C2. The van der Waals surface area contributed by atoms with Gasteiger partial charge in [0.05, 0.1) is 18.9 Å². The average Bonchev–Trinajstić information content (AvgIpc) is 3.30. The van der Waals surface area contributed by atoms with Gasteiger partial charge in [0.2, 0.25) is 0 Å². The zero-order valence-electron chi connectivity index (χ0n) is 13.6. The van der Waals surface area contributed by atoms with Gasteiger partial charge in [-0.2, -0.15) is 0 Å². The smallest absolute Gasteiger partial charge is 0.100 e. The Morgan fingerprint density at radius 1 is 1.35 bits per heavy atom. The summed E-state index contributed by atoms with van der Waals surface area (Å²) in [5, 5.41) is 8.57. The van der Waals surface area contributed by atoms with Crippen molar-refractivity contribution in [3.8, 4) is 0 Å². The van der Waals surface area contributed by atoms with Crippen LogP contribution in [0.25, 0.3) is 0 Å². The molecule has 1 saturated carbocycles. The average molecular weight is 313 g/mol. The van der Waals surface area contributed by atoms with Gasteiger partial charge >= 0.3 is 0 Å². The third kappa shape index (κ3) is 3.43. The molecule has 2 aliphatic rings. The minimum Gasteiger partial charge on any atom is -0.376 e. The van der Waals surface area contributed by atoms with Gasteiger partial charge in [-0.3, -0.25) is 14.6 Å². The molecule has 1 fully saturated rings. The second-order valence-corrected chi connectivity index (χ2v) is 6.76. The van der Waals surface area contributed by atoms with E-state index in [0.717, 1.165) is 30.3 Å². The lowest BCUT2D eigenvalue weighted by Gasteiger charge is -2.32. The zero-order chi connectivity index (χ0) is 15.6. The van der Waals surface area contributed by atoms with Crippen LogP contribution >= 0.6 is 0 Å². The van der Waals surface area contributed by atoms with Gasteiger partial charge in [-0.1, -0.05) is 11.3 Å². The van der Waals surface area contributed by atoms with E-state index in [0.29, 0.717) is 19.1 Å². The first-order valence-corrected chi connectivity index (χ1v) is 8.37. The van der Waals surface area contributed by atoms with Gasteiger partial charge in [-0.25, -0.2) is 0 Å². The maximum absolute atomic E-state index is 5.97. The van der Waals surface area contributed by atoms with Crippen molar-refractivity contribution < 1.29 is 4.74 Å². The standard InChI is InChI=1S/C17H23N5O/c1-21-17-15(12-23-11-14-3-2-6-18-7-14)9-22(8-13-4-5-13)10-16(17)19-20-21/h2-3,6-7,13,15H,4-5,8-12H2,1H3/t15-/m1/s1. The highest BCUT2D eigenvalue weighted by Crippen LogP contribution is 2.33. The third-order valence-corrected chi connectivity index (χ3v) is 4.71.